The van der Waals surface area contributed by atoms with Gasteiger partial charge in [-0.3, -0.25) is 0 Å². The monoisotopic (exact) mass is 524 g/mol. The van der Waals surface area contributed by atoms with Crippen molar-refractivity contribution in [3.63, 3.8) is 0 Å². The molecular weight excluding hydrogens is 512 g/mol. The van der Waals surface area contributed by atoms with Gasteiger partial charge in [-0.25, -0.2) is 0 Å². The first-order valence-electron chi connectivity index (χ1n) is 7.38. The van der Waals surface area contributed by atoms with Crippen LogP contribution in [0.2, 0.25) is 0 Å². The predicted molar refractivity (Wildman–Crippen MR) is 96.9 cm³/mol. The maximum absolute atomic E-state index is 4.09. The summed E-state index contributed by atoms with van der Waals surface area (Å²) in [4.78, 5) is 0. The fourth-order valence-corrected chi connectivity index (χ4v) is 11.4. The molecule has 0 radical (unpaired) electrons. The fourth-order valence-electron chi connectivity index (χ4n) is 6.35. The summed E-state index contributed by atoms with van der Waals surface area (Å²) in [7, 11) is 0. The fraction of sp³-hybridized carbons (Fsp3) is 0.750. The lowest BCUT2D eigenvalue weighted by atomic mass is 9.62. The molecule has 0 bridgehead atoms. The molecule has 0 N–H and O–H groups in total. The van der Waals surface area contributed by atoms with Crippen molar-refractivity contribution in [3.8, 4) is 0 Å². The predicted octanol–water partition coefficient (Wildman–Crippen LogP) is 6.43. The molecule has 0 aromatic carbocycles. The molecule has 20 heavy (non-hydrogen) atoms. The number of rotatable bonds is 0. The molecule has 0 heterocycles. The van der Waals surface area contributed by atoms with Gasteiger partial charge in [0.1, 0.15) is 0 Å². The Hall–Kier alpha value is 1.40. The van der Waals surface area contributed by atoms with E-state index in [4.69, 9.17) is 0 Å². The van der Waals surface area contributed by atoms with Gasteiger partial charge in [-0.1, -0.05) is 88.0 Å². The topological polar surface area (TPSA) is 0 Å². The van der Waals surface area contributed by atoms with Gasteiger partial charge in [-0.2, -0.15) is 0 Å². The van der Waals surface area contributed by atoms with Crippen LogP contribution in [0, 0.1) is 21.7 Å². The van der Waals surface area contributed by atoms with Crippen LogP contribution in [0.1, 0.15) is 38.5 Å². The van der Waals surface area contributed by atoms with Gasteiger partial charge in [-0.15, -0.1) is 0 Å². The van der Waals surface area contributed by atoms with Crippen molar-refractivity contribution < 1.29 is 0 Å². The Kier molecular flexibility index (Phi) is 2.36. The summed E-state index contributed by atoms with van der Waals surface area (Å²) in [6.07, 6.45) is 17.2. The second-order valence-electron chi connectivity index (χ2n) is 7.59. The molecule has 0 aromatic heterocycles. The molecule has 0 amide bonds. The summed E-state index contributed by atoms with van der Waals surface area (Å²) in [6, 6.07) is 0. The molecule has 3 fully saturated rings. The van der Waals surface area contributed by atoms with E-state index in [2.05, 4.69) is 88.0 Å². The number of allylic oxidation sites excluding steroid dienone is 4. The van der Waals surface area contributed by atoms with E-state index < -0.39 is 0 Å². The Morgan fingerprint density at radius 3 is 1.00 bits per heavy atom. The van der Waals surface area contributed by atoms with Crippen molar-refractivity contribution in [1.82, 2.24) is 0 Å². The highest BCUT2D eigenvalue weighted by atomic mass is 79.9. The van der Waals surface area contributed by atoms with E-state index >= 15 is 0 Å². The number of alkyl halides is 4. The number of hydrogen-bond acceptors (Lipinski definition) is 0. The van der Waals surface area contributed by atoms with E-state index in [0.29, 0.717) is 21.7 Å². The van der Waals surface area contributed by atoms with Gasteiger partial charge in [0.2, 0.25) is 0 Å². The molecule has 5 aliphatic rings. The Labute approximate surface area is 153 Å². The Balaban J connectivity index is 1.70. The normalized spacial score (nSPS) is 59.0. The van der Waals surface area contributed by atoms with Gasteiger partial charge in [-0.05, 0) is 38.5 Å². The minimum atomic E-state index is 0.150. The summed E-state index contributed by atoms with van der Waals surface area (Å²) in [5.41, 5.74) is 1.64. The minimum Gasteiger partial charge on any atom is -0.0879 e. The molecule has 0 nitrogen and oxygen atoms in total. The van der Waals surface area contributed by atoms with Crippen LogP contribution in [-0.2, 0) is 0 Å². The second-order valence-corrected chi connectivity index (χ2v) is 14.5. The maximum atomic E-state index is 4.09. The van der Waals surface area contributed by atoms with Crippen LogP contribution in [0.3, 0.4) is 0 Å². The van der Waals surface area contributed by atoms with Crippen LogP contribution in [0.5, 0.6) is 0 Å². The summed E-state index contributed by atoms with van der Waals surface area (Å²) < 4.78 is 0.300. The van der Waals surface area contributed by atoms with E-state index in [1.807, 2.05) is 0 Å². The van der Waals surface area contributed by atoms with Gasteiger partial charge in [0, 0.05) is 21.7 Å². The molecule has 4 heteroatoms. The summed E-state index contributed by atoms with van der Waals surface area (Å²) in [6.45, 7) is 0. The highest BCUT2D eigenvalue weighted by molar-refractivity contribution is 9.26. The zero-order chi connectivity index (χ0) is 14.1. The molecule has 4 atom stereocenters. The van der Waals surface area contributed by atoms with Crippen LogP contribution in [0.25, 0.3) is 0 Å². The highest BCUT2D eigenvalue weighted by Gasteiger charge is 2.98. The van der Waals surface area contributed by atoms with E-state index in [1.54, 1.807) is 0 Å². The van der Waals surface area contributed by atoms with Crippen LogP contribution >= 0.6 is 63.7 Å². The van der Waals surface area contributed by atoms with Crippen LogP contribution < -0.4 is 0 Å². The average molecular weight is 528 g/mol. The van der Waals surface area contributed by atoms with Gasteiger partial charge in [0.05, 0.1) is 6.47 Å². The van der Waals surface area contributed by atoms with Gasteiger partial charge < -0.3 is 0 Å². The van der Waals surface area contributed by atoms with Crippen molar-refractivity contribution in [3.05, 3.63) is 24.3 Å². The van der Waals surface area contributed by atoms with E-state index in [9.17, 15) is 0 Å². The largest absolute Gasteiger partial charge is 0.0935 e. The smallest absolute Gasteiger partial charge is 0.0879 e. The summed E-state index contributed by atoms with van der Waals surface area (Å²) in [5, 5.41) is 0. The first-order valence-corrected chi connectivity index (χ1v) is 10.6. The van der Waals surface area contributed by atoms with E-state index in [-0.39, 0.29) is 6.47 Å². The molecule has 0 unspecified atom stereocenters. The van der Waals surface area contributed by atoms with Crippen molar-refractivity contribution in [2.45, 2.75) is 45.0 Å². The lowest BCUT2D eigenvalue weighted by molar-refractivity contribution is 0.107. The zero-order valence-corrected chi connectivity index (χ0v) is 17.4. The SMILES string of the molecule is BrC1(Br)[C@]23CC=CC[C@@]12C[C@@]12CC=CC[C@@]1(C3)C2(Br)Br. The van der Waals surface area contributed by atoms with Crippen LogP contribution in [-0.4, -0.2) is 6.47 Å². The number of hydrogen-bond donors (Lipinski definition) is 0. The Morgan fingerprint density at radius 1 is 0.500 bits per heavy atom. The van der Waals surface area contributed by atoms with E-state index in [1.165, 1.54) is 38.5 Å². The third-order valence-corrected chi connectivity index (χ3v) is 13.6. The maximum Gasteiger partial charge on any atom is 0.0935 e. The van der Waals surface area contributed by atoms with Gasteiger partial charge in [0.25, 0.3) is 0 Å². The van der Waals surface area contributed by atoms with Crippen LogP contribution in [0.15, 0.2) is 24.3 Å². The molecule has 5 aliphatic carbocycles. The third kappa shape index (κ3) is 0.991. The van der Waals surface area contributed by atoms with Gasteiger partial charge in [0.15, 0.2) is 0 Å². The third-order valence-electron chi connectivity index (χ3n) is 7.52. The second kappa shape index (κ2) is 3.42. The lowest BCUT2D eigenvalue weighted by Crippen LogP contribution is -2.33. The zero-order valence-electron chi connectivity index (χ0n) is 11.1. The van der Waals surface area contributed by atoms with Crippen molar-refractivity contribution in [2.75, 3.05) is 0 Å². The molecular formula is C16H16Br4. The molecule has 0 aromatic rings. The molecule has 3 saturated carbocycles. The minimum absolute atomic E-state index is 0.150. The summed E-state index contributed by atoms with van der Waals surface area (Å²) in [5.74, 6) is 0. The highest BCUT2D eigenvalue weighted by Crippen LogP contribution is 3.01. The molecule has 0 aliphatic heterocycles. The molecule has 5 rings (SSSR count). The van der Waals surface area contributed by atoms with Gasteiger partial charge >= 0.3 is 0 Å². The molecule has 0 saturated heterocycles. The van der Waals surface area contributed by atoms with E-state index in [0.717, 1.165) is 0 Å². The Bertz CT molecular complexity index is 495. The quantitative estimate of drug-likeness (QED) is 0.252. The molecule has 0 spiro atoms. The average Bonchev–Trinajstić information content (AvgIpc) is 3.06. The first kappa shape index (κ1) is 13.8. The molecule has 108 valence electrons. The lowest BCUT2D eigenvalue weighted by Gasteiger charge is -2.40. The first-order chi connectivity index (χ1) is 9.33. The van der Waals surface area contributed by atoms with Crippen molar-refractivity contribution in [2.24, 2.45) is 21.7 Å². The number of halogens is 4. The Morgan fingerprint density at radius 2 is 0.750 bits per heavy atom. The van der Waals surface area contributed by atoms with Crippen LogP contribution in [0.4, 0.5) is 0 Å². The van der Waals surface area contributed by atoms with Crippen molar-refractivity contribution >= 4 is 63.7 Å². The van der Waals surface area contributed by atoms with Crippen molar-refractivity contribution in [1.29, 1.82) is 0 Å². The summed E-state index contributed by atoms with van der Waals surface area (Å²) >= 11 is 16.4. The standard InChI is InChI=1S/C16H16Br4/c17-15(18)11-5-1-2-6-12(11,15)10-14-8-4-3-7-13(14,9-11)16(14,19)20/h1-4H,5-10H2/t11-,12-,13-,14-/m0/s1.